The Morgan fingerprint density at radius 1 is 1.07 bits per heavy atom. The molecule has 0 atom stereocenters. The number of ketones is 1. The molecule has 1 amide bonds. The van der Waals surface area contributed by atoms with Gasteiger partial charge in [0.05, 0.1) is 31.0 Å². The number of nitrogens with zero attached hydrogens (tertiary/aromatic N) is 1. The molecule has 6 nitrogen and oxygen atoms in total. The third-order valence-electron chi connectivity index (χ3n) is 3.89. The molecule has 8 heteroatoms. The molecule has 2 aromatic carbocycles. The molecule has 0 unspecified atom stereocenters. The van der Waals surface area contributed by atoms with E-state index in [4.69, 9.17) is 16.7 Å². The smallest absolute Gasteiger partial charge is 0.282 e. The number of halogens is 2. The van der Waals surface area contributed by atoms with Gasteiger partial charge in [-0.1, -0.05) is 23.7 Å². The molecule has 0 aliphatic heterocycles. The maximum absolute atomic E-state index is 14.1. The lowest BCUT2D eigenvalue weighted by molar-refractivity contribution is -0.645. The first-order chi connectivity index (χ1) is 13.0. The highest BCUT2D eigenvalue weighted by molar-refractivity contribution is 6.31. The molecule has 144 valence electrons. The van der Waals surface area contributed by atoms with Gasteiger partial charge in [0.25, 0.3) is 5.91 Å². The molecule has 4 N–H and O–H groups in total. The van der Waals surface area contributed by atoms with E-state index >= 15 is 0 Å². The third-order valence-corrected chi connectivity index (χ3v) is 4.12. The van der Waals surface area contributed by atoms with Gasteiger partial charge in [-0.25, -0.2) is 4.39 Å². The summed E-state index contributed by atoms with van der Waals surface area (Å²) in [5.74, 6) is -1.65. The van der Waals surface area contributed by atoms with Crippen molar-refractivity contribution in [3.05, 3.63) is 64.4 Å². The molecule has 0 aliphatic rings. The zero-order chi connectivity index (χ0) is 19.8. The van der Waals surface area contributed by atoms with E-state index in [0.29, 0.717) is 6.54 Å². The summed E-state index contributed by atoms with van der Waals surface area (Å²) in [4.78, 5) is 26.7. The van der Waals surface area contributed by atoms with E-state index in [0.717, 1.165) is 0 Å². The van der Waals surface area contributed by atoms with Gasteiger partial charge in [0.15, 0.2) is 12.3 Å². The molecule has 2 aromatic rings. The molecule has 0 bridgehead atoms. The van der Waals surface area contributed by atoms with Crippen molar-refractivity contribution < 1.29 is 29.5 Å². The highest BCUT2D eigenvalue weighted by Crippen LogP contribution is 2.27. The number of aliphatic hydroxyl groups excluding tert-OH is 2. The van der Waals surface area contributed by atoms with Crippen LogP contribution in [0, 0.1) is 5.82 Å². The topological polar surface area (TPSA) is 94.5 Å². The van der Waals surface area contributed by atoms with Crippen LogP contribution in [0.4, 0.5) is 10.1 Å². The molecule has 0 aliphatic carbocycles. The van der Waals surface area contributed by atoms with E-state index in [2.05, 4.69) is 0 Å². The Balaban J connectivity index is 2.44. The van der Waals surface area contributed by atoms with E-state index in [9.17, 15) is 19.1 Å². The van der Waals surface area contributed by atoms with Crippen LogP contribution in [0.25, 0.3) is 0 Å². The van der Waals surface area contributed by atoms with Gasteiger partial charge in [-0.2, -0.15) is 0 Å². The summed E-state index contributed by atoms with van der Waals surface area (Å²) in [5, 5.41) is 20.1. The first-order valence-electron chi connectivity index (χ1n) is 8.42. The second-order valence-corrected chi connectivity index (χ2v) is 6.18. The van der Waals surface area contributed by atoms with Crippen LogP contribution in [0.3, 0.4) is 0 Å². The summed E-state index contributed by atoms with van der Waals surface area (Å²) in [6, 6.07) is 9.94. The zero-order valence-corrected chi connectivity index (χ0v) is 15.3. The van der Waals surface area contributed by atoms with Crippen LogP contribution in [-0.4, -0.2) is 54.8 Å². The number of hydrogen-bond donors (Lipinski definition) is 3. The average molecular weight is 396 g/mol. The van der Waals surface area contributed by atoms with Gasteiger partial charge in [0, 0.05) is 17.1 Å². The van der Waals surface area contributed by atoms with Gasteiger partial charge in [-0.05, 0) is 30.3 Å². The number of nitrogens with two attached hydrogens (primary N) is 1. The molecule has 0 aromatic heterocycles. The van der Waals surface area contributed by atoms with Crippen LogP contribution in [0.2, 0.25) is 5.02 Å². The Hall–Kier alpha value is -2.32. The summed E-state index contributed by atoms with van der Waals surface area (Å²) in [5.41, 5.74) is 0.171. The molecule has 0 saturated heterocycles. The largest absolute Gasteiger partial charge is 0.395 e. The number of amides is 1. The van der Waals surface area contributed by atoms with Crippen LogP contribution in [0.15, 0.2) is 42.5 Å². The van der Waals surface area contributed by atoms with Crippen LogP contribution in [0.1, 0.15) is 15.9 Å². The highest BCUT2D eigenvalue weighted by Gasteiger charge is 2.24. The number of carbonyl (C=O) groups excluding carboxylic acids is 2. The number of rotatable bonds is 9. The minimum absolute atomic E-state index is 0.0243. The molecule has 0 spiro atoms. The Morgan fingerprint density at radius 2 is 1.81 bits per heavy atom. The molecule has 0 saturated carbocycles. The normalized spacial score (nSPS) is 10.7. The third kappa shape index (κ3) is 5.33. The fourth-order valence-electron chi connectivity index (χ4n) is 2.62. The van der Waals surface area contributed by atoms with Crippen molar-refractivity contribution in [1.82, 2.24) is 0 Å². The second-order valence-electron chi connectivity index (χ2n) is 5.74. The van der Waals surface area contributed by atoms with Crippen LogP contribution in [-0.2, 0) is 4.79 Å². The number of carbonyl (C=O) groups is 2. The summed E-state index contributed by atoms with van der Waals surface area (Å²) < 4.78 is 14.1. The van der Waals surface area contributed by atoms with Crippen LogP contribution >= 0.6 is 11.6 Å². The molecular formula is C19H21ClFN2O4+. The summed E-state index contributed by atoms with van der Waals surface area (Å²) in [6.07, 6.45) is 0. The predicted molar refractivity (Wildman–Crippen MR) is 99.5 cm³/mol. The van der Waals surface area contributed by atoms with E-state index in [1.807, 2.05) is 0 Å². The first kappa shape index (κ1) is 21.0. The van der Waals surface area contributed by atoms with Gasteiger partial charge in [0.2, 0.25) is 0 Å². The number of quaternary nitrogens is 1. The van der Waals surface area contributed by atoms with Crippen molar-refractivity contribution in [2.24, 2.45) is 0 Å². The maximum Gasteiger partial charge on any atom is 0.282 e. The molecule has 27 heavy (non-hydrogen) atoms. The highest BCUT2D eigenvalue weighted by atomic mass is 35.5. The monoisotopic (exact) mass is 395 g/mol. The van der Waals surface area contributed by atoms with Crippen molar-refractivity contribution in [3.8, 4) is 0 Å². The van der Waals surface area contributed by atoms with Crippen molar-refractivity contribution in [2.45, 2.75) is 0 Å². The number of aliphatic hydroxyl groups is 2. The summed E-state index contributed by atoms with van der Waals surface area (Å²) >= 11 is 6.02. The van der Waals surface area contributed by atoms with Crippen molar-refractivity contribution in [3.63, 3.8) is 0 Å². The quantitative estimate of drug-likeness (QED) is 0.428. The Labute approximate surface area is 161 Å². The first-order valence-corrected chi connectivity index (χ1v) is 8.80. The predicted octanol–water partition coefficient (Wildman–Crippen LogP) is 0.591. The lowest BCUT2D eigenvalue weighted by atomic mass is 10.0. The van der Waals surface area contributed by atoms with E-state index in [1.54, 1.807) is 11.4 Å². The fourth-order valence-corrected chi connectivity index (χ4v) is 2.79. The van der Waals surface area contributed by atoms with Gasteiger partial charge in [0.1, 0.15) is 5.82 Å². The zero-order valence-electron chi connectivity index (χ0n) is 14.6. The SMILES string of the molecule is O=C(c1ccccc1F)c1cc(Cl)ccc1N(CCO)C(=O)C[NH2+]CCO. The molecular weight excluding hydrogens is 375 g/mol. The average Bonchev–Trinajstić information content (AvgIpc) is 2.66. The molecule has 0 heterocycles. The summed E-state index contributed by atoms with van der Waals surface area (Å²) in [6.45, 7) is -0.0607. The number of benzene rings is 2. The lowest BCUT2D eigenvalue weighted by Crippen LogP contribution is -2.87. The standard InChI is InChI=1S/C19H20ClFN2O4/c20-13-5-6-17(23(8-10-25)18(26)12-22-7-9-24)15(11-13)19(27)14-3-1-2-4-16(14)21/h1-6,11,22,24-25H,7-10,12H2/p+1. The van der Waals surface area contributed by atoms with Gasteiger partial charge >= 0.3 is 0 Å². The lowest BCUT2D eigenvalue weighted by Gasteiger charge is -2.24. The van der Waals surface area contributed by atoms with Gasteiger partial charge in [-0.15, -0.1) is 0 Å². The van der Waals surface area contributed by atoms with Crippen molar-refractivity contribution in [1.29, 1.82) is 0 Å². The maximum atomic E-state index is 14.1. The molecule has 0 radical (unpaired) electrons. The number of hydrogen-bond acceptors (Lipinski definition) is 4. The second kappa shape index (κ2) is 10.1. The number of anilines is 1. The Bertz CT molecular complexity index is 816. The fraction of sp³-hybridized carbons (Fsp3) is 0.263. The van der Waals surface area contributed by atoms with Crippen LogP contribution in [0.5, 0.6) is 0 Å². The van der Waals surface area contributed by atoms with E-state index < -0.39 is 11.6 Å². The van der Waals surface area contributed by atoms with Gasteiger partial charge in [-0.3, -0.25) is 9.59 Å². The van der Waals surface area contributed by atoms with Crippen molar-refractivity contribution in [2.75, 3.05) is 37.7 Å². The molecule has 0 fully saturated rings. The van der Waals surface area contributed by atoms with E-state index in [-0.39, 0.29) is 54.0 Å². The van der Waals surface area contributed by atoms with Crippen LogP contribution < -0.4 is 10.2 Å². The van der Waals surface area contributed by atoms with E-state index in [1.165, 1.54) is 41.3 Å². The van der Waals surface area contributed by atoms with Crippen molar-refractivity contribution >= 4 is 29.0 Å². The Morgan fingerprint density at radius 3 is 2.48 bits per heavy atom. The minimum atomic E-state index is -0.676. The summed E-state index contributed by atoms with van der Waals surface area (Å²) in [7, 11) is 0. The molecule has 2 rings (SSSR count). The van der Waals surface area contributed by atoms with Gasteiger partial charge < -0.3 is 20.4 Å². The Kier molecular flexibility index (Phi) is 7.87. The minimum Gasteiger partial charge on any atom is -0.395 e.